The van der Waals surface area contributed by atoms with E-state index in [1.807, 2.05) is 26.0 Å². The summed E-state index contributed by atoms with van der Waals surface area (Å²) in [4.78, 5) is 24.7. The van der Waals surface area contributed by atoms with Crippen LogP contribution >= 0.6 is 0 Å². The smallest absolute Gasteiger partial charge is 0.338 e. The van der Waals surface area contributed by atoms with Crippen LogP contribution in [-0.2, 0) is 4.74 Å². The highest BCUT2D eigenvalue weighted by Crippen LogP contribution is 2.28. The lowest BCUT2D eigenvalue weighted by atomic mass is 10.1. The highest BCUT2D eigenvalue weighted by Gasteiger charge is 2.21. The lowest BCUT2D eigenvalue weighted by Crippen LogP contribution is -2.24. The van der Waals surface area contributed by atoms with E-state index in [9.17, 15) is 9.59 Å². The standard InChI is InChI=1S/C20H22O5/c1-5-24-17-11-10-16(12-18(17)23-4)20(22)25-14(3)19(21)15-8-6-13(2)7-9-15/h6-12,14H,5H2,1-4H3/t14-/m1/s1. The lowest BCUT2D eigenvalue weighted by molar-refractivity contribution is 0.0318. The van der Waals surface area contributed by atoms with Crippen LogP contribution in [0.15, 0.2) is 42.5 Å². The van der Waals surface area contributed by atoms with Crippen LogP contribution in [0.3, 0.4) is 0 Å². The molecule has 0 aliphatic carbocycles. The van der Waals surface area contributed by atoms with E-state index in [4.69, 9.17) is 14.2 Å². The van der Waals surface area contributed by atoms with Crippen molar-refractivity contribution in [3.8, 4) is 11.5 Å². The number of esters is 1. The summed E-state index contributed by atoms with van der Waals surface area (Å²) in [6.45, 7) is 5.85. The first kappa shape index (κ1) is 18.5. The Labute approximate surface area is 147 Å². The molecule has 132 valence electrons. The Morgan fingerprint density at radius 3 is 2.24 bits per heavy atom. The van der Waals surface area contributed by atoms with Crippen LogP contribution in [0.5, 0.6) is 11.5 Å². The van der Waals surface area contributed by atoms with Crippen LogP contribution in [0.1, 0.15) is 40.1 Å². The maximum atomic E-state index is 12.4. The van der Waals surface area contributed by atoms with Gasteiger partial charge in [0.1, 0.15) is 0 Å². The number of methoxy groups -OCH3 is 1. The summed E-state index contributed by atoms with van der Waals surface area (Å²) in [5.41, 5.74) is 1.86. The molecule has 0 fully saturated rings. The molecule has 0 amide bonds. The summed E-state index contributed by atoms with van der Waals surface area (Å²) in [6, 6.07) is 11.9. The van der Waals surface area contributed by atoms with Gasteiger partial charge in [-0.05, 0) is 39.0 Å². The predicted octanol–water partition coefficient (Wildman–Crippen LogP) is 3.83. The largest absolute Gasteiger partial charge is 0.493 e. The van der Waals surface area contributed by atoms with E-state index < -0.39 is 12.1 Å². The van der Waals surface area contributed by atoms with Crippen molar-refractivity contribution in [2.24, 2.45) is 0 Å². The summed E-state index contributed by atoms with van der Waals surface area (Å²) < 4.78 is 15.9. The van der Waals surface area contributed by atoms with Gasteiger partial charge in [0.05, 0.1) is 19.3 Å². The van der Waals surface area contributed by atoms with Gasteiger partial charge < -0.3 is 14.2 Å². The number of hydrogen-bond acceptors (Lipinski definition) is 5. The van der Waals surface area contributed by atoms with Gasteiger partial charge >= 0.3 is 5.97 Å². The minimum absolute atomic E-state index is 0.244. The van der Waals surface area contributed by atoms with E-state index in [1.54, 1.807) is 31.2 Å². The SMILES string of the molecule is CCOc1ccc(C(=O)O[C@H](C)C(=O)c2ccc(C)cc2)cc1OC. The fourth-order valence-electron chi connectivity index (χ4n) is 2.30. The average Bonchev–Trinajstić information content (AvgIpc) is 2.62. The molecule has 0 aromatic heterocycles. The molecule has 0 aliphatic heterocycles. The van der Waals surface area contributed by atoms with Crippen molar-refractivity contribution in [2.45, 2.75) is 26.9 Å². The van der Waals surface area contributed by atoms with E-state index in [0.717, 1.165) is 5.56 Å². The summed E-state index contributed by atoms with van der Waals surface area (Å²) >= 11 is 0. The Bertz CT molecular complexity index is 749. The van der Waals surface area contributed by atoms with Gasteiger partial charge in [-0.3, -0.25) is 4.79 Å². The second kappa shape index (κ2) is 8.33. The minimum Gasteiger partial charge on any atom is -0.493 e. The number of carbonyl (C=O) groups is 2. The quantitative estimate of drug-likeness (QED) is 0.565. The molecule has 5 heteroatoms. The van der Waals surface area contributed by atoms with Crippen molar-refractivity contribution in [3.05, 3.63) is 59.2 Å². The molecule has 0 N–H and O–H groups in total. The lowest BCUT2D eigenvalue weighted by Gasteiger charge is -2.14. The molecule has 1 atom stereocenters. The van der Waals surface area contributed by atoms with Gasteiger partial charge in [-0.2, -0.15) is 0 Å². The Morgan fingerprint density at radius 1 is 1.00 bits per heavy atom. The van der Waals surface area contributed by atoms with Crippen LogP contribution < -0.4 is 9.47 Å². The molecule has 2 aromatic carbocycles. The first-order valence-electron chi connectivity index (χ1n) is 8.09. The van der Waals surface area contributed by atoms with Gasteiger partial charge in [0.2, 0.25) is 5.78 Å². The number of benzene rings is 2. The van der Waals surface area contributed by atoms with Crippen LogP contribution in [-0.4, -0.2) is 31.6 Å². The molecule has 0 radical (unpaired) electrons. The van der Waals surface area contributed by atoms with E-state index in [0.29, 0.717) is 29.2 Å². The number of ketones is 1. The van der Waals surface area contributed by atoms with Crippen molar-refractivity contribution in [3.63, 3.8) is 0 Å². The van der Waals surface area contributed by atoms with Gasteiger partial charge in [-0.1, -0.05) is 29.8 Å². The topological polar surface area (TPSA) is 61.8 Å². The fraction of sp³-hybridized carbons (Fsp3) is 0.300. The summed E-state index contributed by atoms with van der Waals surface area (Å²) in [5.74, 6) is 0.153. The van der Waals surface area contributed by atoms with Gasteiger partial charge in [-0.25, -0.2) is 4.79 Å². The monoisotopic (exact) mass is 342 g/mol. The molecular weight excluding hydrogens is 320 g/mol. The number of ether oxygens (including phenoxy) is 3. The van der Waals surface area contributed by atoms with Crippen molar-refractivity contribution in [2.75, 3.05) is 13.7 Å². The molecule has 0 bridgehead atoms. The van der Waals surface area contributed by atoms with Crippen LogP contribution in [0.4, 0.5) is 0 Å². The second-order valence-electron chi connectivity index (χ2n) is 5.58. The van der Waals surface area contributed by atoms with Crippen LogP contribution in [0.2, 0.25) is 0 Å². The zero-order valence-electron chi connectivity index (χ0n) is 14.9. The van der Waals surface area contributed by atoms with Gasteiger partial charge in [-0.15, -0.1) is 0 Å². The molecule has 2 rings (SSSR count). The summed E-state index contributed by atoms with van der Waals surface area (Å²) in [5, 5.41) is 0. The number of Topliss-reactive ketones (excluding diaryl/α,β-unsaturated/α-hetero) is 1. The van der Waals surface area contributed by atoms with Gasteiger partial charge in [0.15, 0.2) is 17.6 Å². The molecule has 25 heavy (non-hydrogen) atoms. The Morgan fingerprint density at radius 2 is 1.64 bits per heavy atom. The highest BCUT2D eigenvalue weighted by molar-refractivity contribution is 6.01. The van der Waals surface area contributed by atoms with Gasteiger partial charge in [0.25, 0.3) is 0 Å². The number of aryl methyl sites for hydroxylation is 1. The third-order valence-electron chi connectivity index (χ3n) is 3.69. The highest BCUT2D eigenvalue weighted by atomic mass is 16.5. The van der Waals surface area contributed by atoms with Gasteiger partial charge in [0, 0.05) is 5.56 Å². The van der Waals surface area contributed by atoms with Crippen molar-refractivity contribution in [1.82, 2.24) is 0 Å². The minimum atomic E-state index is -0.882. The fourth-order valence-corrected chi connectivity index (χ4v) is 2.30. The summed E-state index contributed by atoms with van der Waals surface area (Å²) in [6.07, 6.45) is -0.882. The van der Waals surface area contributed by atoms with Crippen molar-refractivity contribution in [1.29, 1.82) is 0 Å². The molecule has 0 aliphatic rings. The number of hydrogen-bond donors (Lipinski definition) is 0. The third kappa shape index (κ3) is 4.59. The molecular formula is C20H22O5. The first-order chi connectivity index (χ1) is 12.0. The Kier molecular flexibility index (Phi) is 6.17. The molecule has 0 saturated carbocycles. The third-order valence-corrected chi connectivity index (χ3v) is 3.69. The summed E-state index contributed by atoms with van der Waals surface area (Å²) in [7, 11) is 1.50. The number of carbonyl (C=O) groups excluding carboxylic acids is 2. The molecule has 0 saturated heterocycles. The normalized spacial score (nSPS) is 11.5. The predicted molar refractivity (Wildman–Crippen MR) is 94.6 cm³/mol. The average molecular weight is 342 g/mol. The van der Waals surface area contributed by atoms with E-state index in [2.05, 4.69) is 0 Å². The number of rotatable bonds is 7. The van der Waals surface area contributed by atoms with E-state index in [-0.39, 0.29) is 5.78 Å². The zero-order chi connectivity index (χ0) is 18.4. The first-order valence-corrected chi connectivity index (χ1v) is 8.09. The molecule has 5 nitrogen and oxygen atoms in total. The maximum absolute atomic E-state index is 12.4. The van der Waals surface area contributed by atoms with Crippen molar-refractivity contribution < 1.29 is 23.8 Å². The molecule has 0 spiro atoms. The second-order valence-corrected chi connectivity index (χ2v) is 5.58. The molecule has 0 unspecified atom stereocenters. The van der Waals surface area contributed by atoms with Crippen molar-refractivity contribution >= 4 is 11.8 Å². The Hall–Kier alpha value is -2.82. The molecule has 0 heterocycles. The maximum Gasteiger partial charge on any atom is 0.338 e. The zero-order valence-corrected chi connectivity index (χ0v) is 14.9. The van der Waals surface area contributed by atoms with E-state index >= 15 is 0 Å². The Balaban J connectivity index is 2.10. The van der Waals surface area contributed by atoms with E-state index in [1.165, 1.54) is 13.2 Å². The molecule has 2 aromatic rings. The van der Waals surface area contributed by atoms with Crippen LogP contribution in [0.25, 0.3) is 0 Å². The van der Waals surface area contributed by atoms with Crippen LogP contribution in [0, 0.1) is 6.92 Å².